The Bertz CT molecular complexity index is 1680. The molecule has 0 heterocycles. The van der Waals surface area contributed by atoms with Crippen LogP contribution in [-0.2, 0) is 65.4 Å². The van der Waals surface area contributed by atoms with Gasteiger partial charge in [-0.15, -0.1) is 0 Å². The van der Waals surface area contributed by atoms with Crippen molar-refractivity contribution in [2.75, 3.05) is 39.6 Å². The summed E-state index contributed by atoms with van der Waals surface area (Å²) in [5, 5.41) is 10.6. The molecule has 0 radical (unpaired) electrons. The van der Waals surface area contributed by atoms with Gasteiger partial charge in [0.15, 0.2) is 12.2 Å². The first kappa shape index (κ1) is 83.1. The molecule has 2 unspecified atom stereocenters. The Hall–Kier alpha value is -1.94. The molecular formula is C66H128O17P2. The van der Waals surface area contributed by atoms with Gasteiger partial charge in [-0.25, -0.2) is 9.13 Å². The molecule has 19 heteroatoms. The van der Waals surface area contributed by atoms with Crippen LogP contribution in [0.1, 0.15) is 325 Å². The third kappa shape index (κ3) is 60.7. The molecule has 0 spiro atoms. The van der Waals surface area contributed by atoms with Gasteiger partial charge in [0.25, 0.3) is 0 Å². The Morgan fingerprint density at radius 3 is 0.800 bits per heavy atom. The summed E-state index contributed by atoms with van der Waals surface area (Å²) >= 11 is 0. The highest BCUT2D eigenvalue weighted by atomic mass is 31.2. The minimum Gasteiger partial charge on any atom is -0.462 e. The number of ether oxygens (including phenoxy) is 4. The van der Waals surface area contributed by atoms with Crippen molar-refractivity contribution in [1.29, 1.82) is 0 Å². The molecule has 0 aromatic rings. The molecule has 0 saturated carbocycles. The summed E-state index contributed by atoms with van der Waals surface area (Å²) in [5.74, 6) is 0.0375. The van der Waals surface area contributed by atoms with Gasteiger partial charge in [-0.1, -0.05) is 273 Å². The van der Waals surface area contributed by atoms with Crippen LogP contribution in [0.25, 0.3) is 0 Å². The zero-order chi connectivity index (χ0) is 63.1. The van der Waals surface area contributed by atoms with Crippen molar-refractivity contribution in [2.24, 2.45) is 17.8 Å². The zero-order valence-electron chi connectivity index (χ0n) is 55.1. The topological polar surface area (TPSA) is 237 Å². The van der Waals surface area contributed by atoms with Crippen molar-refractivity contribution in [1.82, 2.24) is 0 Å². The van der Waals surface area contributed by atoms with E-state index in [0.29, 0.717) is 25.7 Å². The van der Waals surface area contributed by atoms with E-state index in [1.165, 1.54) is 135 Å². The summed E-state index contributed by atoms with van der Waals surface area (Å²) in [6, 6.07) is 0. The van der Waals surface area contributed by atoms with E-state index >= 15 is 0 Å². The second-order valence-corrected chi connectivity index (χ2v) is 28.2. The minimum atomic E-state index is -4.95. The van der Waals surface area contributed by atoms with E-state index < -0.39 is 97.5 Å². The van der Waals surface area contributed by atoms with Crippen molar-refractivity contribution in [3.05, 3.63) is 0 Å². The van der Waals surface area contributed by atoms with Crippen LogP contribution < -0.4 is 0 Å². The average molecular weight is 1260 g/mol. The molecule has 0 amide bonds. The average Bonchev–Trinajstić information content (AvgIpc) is 3.63. The molecule has 0 aliphatic heterocycles. The highest BCUT2D eigenvalue weighted by Gasteiger charge is 2.30. The molecule has 0 aromatic heterocycles. The minimum absolute atomic E-state index is 0.104. The third-order valence-electron chi connectivity index (χ3n) is 15.1. The van der Waals surface area contributed by atoms with Crippen LogP contribution in [0.3, 0.4) is 0 Å². The SMILES string of the molecule is CCCCCCCCCCCCCCC(=O)O[C@H](COC(=O)CCCCCCCCCCC(C)C)COP(=O)(O)OC[C@@H](O)COP(=O)(O)OC[C@@H](COC(=O)CCCCCCCCCCC(C)C)OC(=O)CCCCCCCCCCC(C)C. The molecule has 0 aromatic carbocycles. The lowest BCUT2D eigenvalue weighted by atomic mass is 10.0. The second kappa shape index (κ2) is 57.2. The number of carbonyl (C=O) groups is 4. The van der Waals surface area contributed by atoms with E-state index in [4.69, 9.17) is 37.0 Å². The largest absolute Gasteiger partial charge is 0.472 e. The number of carbonyl (C=O) groups excluding carboxylic acids is 4. The van der Waals surface area contributed by atoms with Gasteiger partial charge in [0.1, 0.15) is 19.3 Å². The van der Waals surface area contributed by atoms with E-state index in [0.717, 1.165) is 108 Å². The van der Waals surface area contributed by atoms with Gasteiger partial charge in [0, 0.05) is 25.7 Å². The van der Waals surface area contributed by atoms with Crippen molar-refractivity contribution in [3.8, 4) is 0 Å². The van der Waals surface area contributed by atoms with Crippen LogP contribution in [0.2, 0.25) is 0 Å². The summed E-state index contributed by atoms with van der Waals surface area (Å²) < 4.78 is 68.1. The number of hydrogen-bond donors (Lipinski definition) is 3. The molecule has 17 nitrogen and oxygen atoms in total. The maximum absolute atomic E-state index is 13.0. The van der Waals surface area contributed by atoms with Crippen LogP contribution in [0, 0.1) is 17.8 Å². The summed E-state index contributed by atoms with van der Waals surface area (Å²) in [7, 11) is -9.89. The van der Waals surface area contributed by atoms with E-state index in [1.807, 2.05) is 0 Å². The standard InChI is InChI=1S/C66H128O17P2/c1-8-9-10-11-12-13-14-15-16-28-35-42-49-65(70)82-61(53-76-63(68)47-40-33-26-20-17-23-30-37-44-57(2)3)55-80-84(72,73)78-51-60(67)52-79-85(74,75)81-56-62(83-66(71)50-43-36-29-22-19-25-32-39-46-59(6)7)54-77-64(69)48-41-34-27-21-18-24-31-38-45-58(4)5/h57-62,67H,8-56H2,1-7H3,(H,72,73)(H,74,75)/t60-,61-,62-/m1/s1. The number of rotatable bonds is 64. The highest BCUT2D eigenvalue weighted by molar-refractivity contribution is 7.47. The summed E-state index contributed by atoms with van der Waals surface area (Å²) in [5.41, 5.74) is 0. The van der Waals surface area contributed by atoms with Crippen molar-refractivity contribution < 1.29 is 80.2 Å². The van der Waals surface area contributed by atoms with Gasteiger partial charge < -0.3 is 33.8 Å². The van der Waals surface area contributed by atoms with E-state index in [1.54, 1.807) is 0 Å². The maximum Gasteiger partial charge on any atom is 0.472 e. The molecule has 0 bridgehead atoms. The Morgan fingerprint density at radius 1 is 0.318 bits per heavy atom. The molecule has 0 rings (SSSR count). The molecule has 0 aliphatic rings. The number of phosphoric ester groups is 2. The fourth-order valence-corrected chi connectivity index (χ4v) is 11.4. The first-order valence-corrected chi connectivity index (χ1v) is 37.3. The second-order valence-electron chi connectivity index (χ2n) is 25.3. The van der Waals surface area contributed by atoms with Gasteiger partial charge in [-0.2, -0.15) is 0 Å². The predicted molar refractivity (Wildman–Crippen MR) is 340 cm³/mol. The van der Waals surface area contributed by atoms with E-state index in [9.17, 15) is 43.2 Å². The quantitative estimate of drug-likeness (QED) is 0.0222. The first-order chi connectivity index (χ1) is 40.7. The number of aliphatic hydroxyl groups is 1. The van der Waals surface area contributed by atoms with Crippen molar-refractivity contribution in [3.63, 3.8) is 0 Å². The molecular weight excluding hydrogens is 1130 g/mol. The van der Waals surface area contributed by atoms with Gasteiger partial charge in [0.05, 0.1) is 26.4 Å². The molecule has 3 N–H and O–H groups in total. The monoisotopic (exact) mass is 1250 g/mol. The summed E-state index contributed by atoms with van der Waals surface area (Å²) in [6.45, 7) is 11.7. The number of esters is 4. The maximum atomic E-state index is 13.0. The smallest absolute Gasteiger partial charge is 0.462 e. The number of hydrogen-bond acceptors (Lipinski definition) is 15. The van der Waals surface area contributed by atoms with Crippen LogP contribution in [-0.4, -0.2) is 96.7 Å². The highest BCUT2D eigenvalue weighted by Crippen LogP contribution is 2.45. The Balaban J connectivity index is 5.26. The van der Waals surface area contributed by atoms with Crippen molar-refractivity contribution >= 4 is 39.5 Å². The van der Waals surface area contributed by atoms with Gasteiger partial charge >= 0.3 is 39.5 Å². The fourth-order valence-electron chi connectivity index (χ4n) is 9.83. The van der Waals surface area contributed by atoms with Crippen LogP contribution >= 0.6 is 15.6 Å². The van der Waals surface area contributed by atoms with E-state index in [-0.39, 0.29) is 25.7 Å². The molecule has 0 fully saturated rings. The molecule has 85 heavy (non-hydrogen) atoms. The summed E-state index contributed by atoms with van der Waals surface area (Å²) in [6.07, 6.45) is 39.0. The van der Waals surface area contributed by atoms with Crippen LogP contribution in [0.15, 0.2) is 0 Å². The Labute approximate surface area is 517 Å². The lowest BCUT2D eigenvalue weighted by molar-refractivity contribution is -0.161. The van der Waals surface area contributed by atoms with E-state index in [2.05, 4.69) is 48.5 Å². The van der Waals surface area contributed by atoms with Crippen LogP contribution in [0.4, 0.5) is 0 Å². The van der Waals surface area contributed by atoms with Gasteiger partial charge in [0.2, 0.25) is 0 Å². The number of unbranched alkanes of at least 4 members (excludes halogenated alkanes) is 32. The lowest BCUT2D eigenvalue weighted by Crippen LogP contribution is -2.30. The number of phosphoric acid groups is 2. The lowest BCUT2D eigenvalue weighted by Gasteiger charge is -2.21. The Morgan fingerprint density at radius 2 is 0.541 bits per heavy atom. The molecule has 5 atom stereocenters. The first-order valence-electron chi connectivity index (χ1n) is 34.3. The van der Waals surface area contributed by atoms with Crippen LogP contribution in [0.5, 0.6) is 0 Å². The normalized spacial score (nSPS) is 14.3. The molecule has 504 valence electrons. The fraction of sp³-hybridized carbons (Fsp3) is 0.939. The van der Waals surface area contributed by atoms with Gasteiger partial charge in [-0.05, 0) is 43.4 Å². The molecule has 0 aliphatic carbocycles. The number of aliphatic hydroxyl groups excluding tert-OH is 1. The summed E-state index contributed by atoms with van der Waals surface area (Å²) in [4.78, 5) is 72.3. The zero-order valence-corrected chi connectivity index (χ0v) is 56.9. The Kier molecular flexibility index (Phi) is 55.9. The predicted octanol–water partition coefficient (Wildman–Crippen LogP) is 18.3. The third-order valence-corrected chi connectivity index (χ3v) is 17.0. The van der Waals surface area contributed by atoms with Crippen molar-refractivity contribution in [2.45, 2.75) is 343 Å². The van der Waals surface area contributed by atoms with Gasteiger partial charge in [-0.3, -0.25) is 37.3 Å². The molecule has 0 saturated heterocycles.